The molecule has 1 saturated carbocycles. The Morgan fingerprint density at radius 1 is 1.32 bits per heavy atom. The number of sulfonamides is 1. The van der Waals surface area contributed by atoms with Gasteiger partial charge in [0, 0.05) is 6.42 Å². The highest BCUT2D eigenvalue weighted by atomic mass is 32.2. The van der Waals surface area contributed by atoms with Gasteiger partial charge in [0.25, 0.3) is 5.91 Å². The molecule has 146 valence electrons. The third-order valence-corrected chi connectivity index (χ3v) is 5.31. The van der Waals surface area contributed by atoms with Crippen LogP contribution in [0.2, 0.25) is 0 Å². The van der Waals surface area contributed by atoms with E-state index in [4.69, 9.17) is 5.73 Å². The number of pyridine rings is 1. The van der Waals surface area contributed by atoms with E-state index in [2.05, 4.69) is 9.82 Å². The van der Waals surface area contributed by atoms with Crippen LogP contribution in [0.4, 0.5) is 10.1 Å². The number of carbonyl (C=O) groups is 1. The van der Waals surface area contributed by atoms with Crippen molar-refractivity contribution in [1.82, 2.24) is 9.61 Å². The number of amides is 1. The van der Waals surface area contributed by atoms with Gasteiger partial charge in [0.2, 0.25) is 10.0 Å². The maximum absolute atomic E-state index is 13.2. The molecule has 7 nitrogen and oxygen atoms in total. The van der Waals surface area contributed by atoms with Gasteiger partial charge in [-0.1, -0.05) is 12.1 Å². The Bertz CT molecular complexity index is 1180. The number of nitrogens with two attached hydrogens (primary N) is 1. The molecule has 9 heteroatoms. The van der Waals surface area contributed by atoms with Gasteiger partial charge in [-0.2, -0.15) is 5.10 Å². The van der Waals surface area contributed by atoms with E-state index < -0.39 is 15.9 Å². The van der Waals surface area contributed by atoms with Crippen molar-refractivity contribution in [3.8, 4) is 0 Å². The van der Waals surface area contributed by atoms with Crippen molar-refractivity contribution < 1.29 is 17.6 Å². The molecule has 1 fully saturated rings. The molecule has 3 N–H and O–H groups in total. The molecule has 0 radical (unpaired) electrons. The molecule has 1 amide bonds. The summed E-state index contributed by atoms with van der Waals surface area (Å²) in [6.45, 7) is 0. The van der Waals surface area contributed by atoms with Gasteiger partial charge in [-0.3, -0.25) is 9.52 Å². The number of fused-ring (bicyclic) bond motifs is 1. The zero-order valence-electron chi connectivity index (χ0n) is 15.1. The number of nitrogens with zero attached hydrogens (tertiary/aromatic N) is 2. The van der Waals surface area contributed by atoms with E-state index in [1.807, 2.05) is 0 Å². The van der Waals surface area contributed by atoms with Crippen LogP contribution in [-0.2, 0) is 16.4 Å². The summed E-state index contributed by atoms with van der Waals surface area (Å²) in [7, 11) is -3.46. The van der Waals surface area contributed by atoms with E-state index in [0.717, 1.165) is 30.2 Å². The number of hydrogen-bond acceptors (Lipinski definition) is 4. The molecule has 1 aromatic carbocycles. The fourth-order valence-corrected chi connectivity index (χ4v) is 3.93. The Morgan fingerprint density at radius 3 is 2.57 bits per heavy atom. The summed E-state index contributed by atoms with van der Waals surface area (Å²) in [5.41, 5.74) is 8.96. The molecular formula is C19H19FN4O3S. The lowest BCUT2D eigenvalue weighted by atomic mass is 10.0. The first-order valence-corrected chi connectivity index (χ1v) is 10.7. The van der Waals surface area contributed by atoms with Crippen molar-refractivity contribution in [3.05, 3.63) is 64.7 Å². The second-order valence-electron chi connectivity index (χ2n) is 7.11. The van der Waals surface area contributed by atoms with Crippen LogP contribution in [0.5, 0.6) is 0 Å². The lowest BCUT2D eigenvalue weighted by molar-refractivity contribution is 0.100. The summed E-state index contributed by atoms with van der Waals surface area (Å²) in [5.74, 6) is -0.720. The van der Waals surface area contributed by atoms with Crippen LogP contribution >= 0.6 is 0 Å². The topological polar surface area (TPSA) is 107 Å². The molecule has 0 spiro atoms. The van der Waals surface area contributed by atoms with Crippen LogP contribution in [0.1, 0.15) is 45.9 Å². The van der Waals surface area contributed by atoms with Crippen LogP contribution in [0.15, 0.2) is 36.5 Å². The van der Waals surface area contributed by atoms with E-state index in [1.54, 1.807) is 24.4 Å². The smallest absolute Gasteiger partial charge is 0.252 e. The van der Waals surface area contributed by atoms with Crippen molar-refractivity contribution in [2.75, 3.05) is 11.0 Å². The van der Waals surface area contributed by atoms with Gasteiger partial charge >= 0.3 is 0 Å². The van der Waals surface area contributed by atoms with Crippen molar-refractivity contribution in [1.29, 1.82) is 0 Å². The summed E-state index contributed by atoms with van der Waals surface area (Å²) >= 11 is 0. The molecule has 4 rings (SSSR count). The van der Waals surface area contributed by atoms with Crippen LogP contribution in [0.25, 0.3) is 5.52 Å². The zero-order valence-corrected chi connectivity index (χ0v) is 16.0. The first kappa shape index (κ1) is 18.4. The van der Waals surface area contributed by atoms with Gasteiger partial charge < -0.3 is 5.73 Å². The van der Waals surface area contributed by atoms with Gasteiger partial charge in [-0.15, -0.1) is 0 Å². The predicted molar refractivity (Wildman–Crippen MR) is 103 cm³/mol. The Labute approximate surface area is 161 Å². The number of carbonyl (C=O) groups excluding carboxylic acids is 1. The number of benzene rings is 1. The van der Waals surface area contributed by atoms with E-state index in [0.29, 0.717) is 23.3 Å². The van der Waals surface area contributed by atoms with Gasteiger partial charge in [-0.25, -0.2) is 17.3 Å². The molecule has 2 heterocycles. The lowest BCUT2D eigenvalue weighted by Gasteiger charge is -2.11. The van der Waals surface area contributed by atoms with E-state index in [1.165, 1.54) is 16.6 Å². The van der Waals surface area contributed by atoms with Crippen molar-refractivity contribution in [2.24, 2.45) is 5.73 Å². The molecule has 2 aromatic heterocycles. The molecule has 28 heavy (non-hydrogen) atoms. The minimum atomic E-state index is -3.46. The Balaban J connectivity index is 1.85. The maximum atomic E-state index is 13.2. The molecule has 0 saturated heterocycles. The molecule has 0 bridgehead atoms. The number of primary amides is 1. The van der Waals surface area contributed by atoms with Crippen molar-refractivity contribution >= 4 is 27.1 Å². The number of aromatic nitrogens is 2. The van der Waals surface area contributed by atoms with Gasteiger partial charge in [0.15, 0.2) is 0 Å². The standard InChI is InChI=1S/C19H19FN4O3S/c1-28(26,27)23-16-10-24-17(9-14(16)12-4-5-12)18(19(21)25)15(22-24)8-11-2-6-13(20)7-3-11/h2-3,6-7,9-10,12,23H,4-5,8H2,1H3,(H2,21,25). The highest BCUT2D eigenvalue weighted by molar-refractivity contribution is 7.92. The summed E-state index contributed by atoms with van der Waals surface area (Å²) in [6, 6.07) is 7.71. The molecule has 0 unspecified atom stereocenters. The molecule has 0 aliphatic heterocycles. The summed E-state index contributed by atoms with van der Waals surface area (Å²) in [4.78, 5) is 12.1. The fraction of sp³-hybridized carbons (Fsp3) is 0.263. The van der Waals surface area contributed by atoms with Crippen molar-refractivity contribution in [3.63, 3.8) is 0 Å². The summed E-state index contributed by atoms with van der Waals surface area (Å²) in [5, 5.41) is 4.45. The van der Waals surface area contributed by atoms with Crippen LogP contribution < -0.4 is 10.5 Å². The van der Waals surface area contributed by atoms with Gasteiger partial charge in [-0.05, 0) is 48.1 Å². The SMILES string of the molecule is CS(=O)(=O)Nc1cn2nc(Cc3ccc(F)cc3)c(C(N)=O)c2cc1C1CC1. The Morgan fingerprint density at radius 2 is 2.00 bits per heavy atom. The van der Waals surface area contributed by atoms with Gasteiger partial charge in [0.05, 0.1) is 34.9 Å². The molecule has 1 aliphatic carbocycles. The highest BCUT2D eigenvalue weighted by Crippen LogP contribution is 2.44. The molecule has 3 aromatic rings. The largest absolute Gasteiger partial charge is 0.365 e. The molecule has 1 aliphatic rings. The van der Waals surface area contributed by atoms with Crippen molar-refractivity contribution in [2.45, 2.75) is 25.2 Å². The lowest BCUT2D eigenvalue weighted by Crippen LogP contribution is -2.14. The normalized spacial score (nSPS) is 14.4. The first-order chi connectivity index (χ1) is 13.2. The minimum absolute atomic E-state index is 0.241. The van der Waals surface area contributed by atoms with E-state index >= 15 is 0 Å². The zero-order chi connectivity index (χ0) is 20.1. The third-order valence-electron chi connectivity index (χ3n) is 4.72. The minimum Gasteiger partial charge on any atom is -0.365 e. The summed E-state index contributed by atoms with van der Waals surface area (Å²) in [6.07, 6.45) is 4.87. The second kappa shape index (κ2) is 6.59. The number of hydrogen-bond donors (Lipinski definition) is 2. The highest BCUT2D eigenvalue weighted by Gasteiger charge is 2.29. The summed E-state index contributed by atoms with van der Waals surface area (Å²) < 4.78 is 40.6. The Hall–Kier alpha value is -2.94. The fourth-order valence-electron chi connectivity index (χ4n) is 3.36. The monoisotopic (exact) mass is 402 g/mol. The first-order valence-electron chi connectivity index (χ1n) is 8.78. The number of anilines is 1. The maximum Gasteiger partial charge on any atom is 0.252 e. The quantitative estimate of drug-likeness (QED) is 0.660. The van der Waals surface area contributed by atoms with E-state index in [9.17, 15) is 17.6 Å². The van der Waals surface area contributed by atoms with Crippen LogP contribution in [0.3, 0.4) is 0 Å². The number of rotatable bonds is 6. The molecular weight excluding hydrogens is 383 g/mol. The molecule has 0 atom stereocenters. The third kappa shape index (κ3) is 3.70. The van der Waals surface area contributed by atoms with Crippen LogP contribution in [-0.4, -0.2) is 30.2 Å². The predicted octanol–water partition coefficient (Wildman–Crippen LogP) is 2.41. The van der Waals surface area contributed by atoms with Crippen LogP contribution in [0, 0.1) is 5.82 Å². The average molecular weight is 402 g/mol. The average Bonchev–Trinajstić information content (AvgIpc) is 3.36. The van der Waals surface area contributed by atoms with E-state index in [-0.39, 0.29) is 17.3 Å². The van der Waals surface area contributed by atoms with Gasteiger partial charge in [0.1, 0.15) is 5.82 Å². The number of nitrogens with one attached hydrogen (secondary N) is 1. The number of halogens is 1. The Kier molecular flexibility index (Phi) is 4.34. The second-order valence-corrected chi connectivity index (χ2v) is 8.86.